The maximum atomic E-state index is 12.2. The lowest BCUT2D eigenvalue weighted by atomic mass is 10.2. The number of carbonyl (C=O) groups is 1. The van der Waals surface area contributed by atoms with Gasteiger partial charge in [0.1, 0.15) is 5.56 Å². The molecule has 1 heterocycles. The Morgan fingerprint density at radius 2 is 2.11 bits per heavy atom. The number of pyridine rings is 1. The van der Waals surface area contributed by atoms with E-state index in [0.29, 0.717) is 13.0 Å². The van der Waals surface area contributed by atoms with Gasteiger partial charge in [0.25, 0.3) is 11.5 Å². The van der Waals surface area contributed by atoms with Crippen LogP contribution in [0.1, 0.15) is 36.3 Å². The second-order valence-electron chi connectivity index (χ2n) is 4.55. The van der Waals surface area contributed by atoms with Crippen molar-refractivity contribution in [2.24, 2.45) is 0 Å². The summed E-state index contributed by atoms with van der Waals surface area (Å²) in [7, 11) is 0. The summed E-state index contributed by atoms with van der Waals surface area (Å²) in [6.07, 6.45) is 0.508. The van der Waals surface area contributed by atoms with Crippen LogP contribution in [0.4, 0.5) is 0 Å². The SMILES string of the molecule is Cc1ccc(C(=O)N(CCCO)C(C)C)c(=O)[nH]1. The summed E-state index contributed by atoms with van der Waals surface area (Å²) < 4.78 is 0. The quantitative estimate of drug-likeness (QED) is 0.818. The van der Waals surface area contributed by atoms with E-state index in [1.165, 1.54) is 0 Å². The number of amides is 1. The van der Waals surface area contributed by atoms with E-state index in [-0.39, 0.29) is 29.7 Å². The van der Waals surface area contributed by atoms with Crippen molar-refractivity contribution >= 4 is 5.91 Å². The Labute approximate surface area is 106 Å². The number of carbonyl (C=O) groups excluding carboxylic acids is 1. The van der Waals surface area contributed by atoms with Crippen molar-refractivity contribution in [2.75, 3.05) is 13.2 Å². The molecule has 1 amide bonds. The number of aliphatic hydroxyl groups excluding tert-OH is 1. The van der Waals surface area contributed by atoms with Crippen molar-refractivity contribution in [3.8, 4) is 0 Å². The normalized spacial score (nSPS) is 10.7. The largest absolute Gasteiger partial charge is 0.396 e. The molecular formula is C13H20N2O3. The fourth-order valence-corrected chi connectivity index (χ4v) is 1.73. The zero-order valence-electron chi connectivity index (χ0n) is 11.1. The summed E-state index contributed by atoms with van der Waals surface area (Å²) in [5.41, 5.74) is 0.505. The molecule has 1 rings (SSSR count). The third-order valence-electron chi connectivity index (χ3n) is 2.73. The summed E-state index contributed by atoms with van der Waals surface area (Å²) in [4.78, 5) is 28.2. The van der Waals surface area contributed by atoms with Gasteiger partial charge < -0.3 is 15.0 Å². The first kappa shape index (κ1) is 14.4. The molecule has 0 aromatic carbocycles. The van der Waals surface area contributed by atoms with Crippen LogP contribution in [0.5, 0.6) is 0 Å². The molecule has 1 aromatic heterocycles. The highest BCUT2D eigenvalue weighted by molar-refractivity contribution is 5.94. The molecule has 100 valence electrons. The molecular weight excluding hydrogens is 232 g/mol. The van der Waals surface area contributed by atoms with Crippen molar-refractivity contribution in [1.82, 2.24) is 9.88 Å². The summed E-state index contributed by atoms with van der Waals surface area (Å²) in [5.74, 6) is -0.292. The van der Waals surface area contributed by atoms with Gasteiger partial charge >= 0.3 is 0 Å². The third kappa shape index (κ3) is 3.43. The van der Waals surface area contributed by atoms with E-state index in [0.717, 1.165) is 5.69 Å². The number of aromatic amines is 1. The number of aryl methyl sites for hydroxylation is 1. The van der Waals surface area contributed by atoms with E-state index in [1.54, 1.807) is 24.0 Å². The van der Waals surface area contributed by atoms with Gasteiger partial charge in [0, 0.05) is 24.9 Å². The van der Waals surface area contributed by atoms with Gasteiger partial charge in [0.05, 0.1) is 0 Å². The highest BCUT2D eigenvalue weighted by Crippen LogP contribution is 2.06. The first-order valence-electron chi connectivity index (χ1n) is 6.09. The minimum absolute atomic E-state index is 0.00949. The van der Waals surface area contributed by atoms with Gasteiger partial charge in [-0.2, -0.15) is 0 Å². The molecule has 0 bridgehead atoms. The second kappa shape index (κ2) is 6.35. The summed E-state index contributed by atoms with van der Waals surface area (Å²) in [5, 5.41) is 8.83. The Balaban J connectivity index is 2.98. The minimum Gasteiger partial charge on any atom is -0.396 e. The number of H-pyrrole nitrogens is 1. The molecule has 0 radical (unpaired) electrons. The average molecular weight is 252 g/mol. The molecule has 1 aromatic rings. The maximum absolute atomic E-state index is 12.2. The van der Waals surface area contributed by atoms with Gasteiger partial charge in [-0.15, -0.1) is 0 Å². The van der Waals surface area contributed by atoms with Crippen molar-refractivity contribution < 1.29 is 9.90 Å². The fraction of sp³-hybridized carbons (Fsp3) is 0.538. The summed E-state index contributed by atoms with van der Waals surface area (Å²) in [6.45, 7) is 6.01. The Hall–Kier alpha value is -1.62. The van der Waals surface area contributed by atoms with Crippen molar-refractivity contribution in [2.45, 2.75) is 33.2 Å². The molecule has 5 nitrogen and oxygen atoms in total. The standard InChI is InChI=1S/C13H20N2O3/c1-9(2)15(7-4-8-16)13(18)11-6-5-10(3)14-12(11)17/h5-6,9,16H,4,7-8H2,1-3H3,(H,14,17). The third-order valence-corrected chi connectivity index (χ3v) is 2.73. The molecule has 18 heavy (non-hydrogen) atoms. The van der Waals surface area contributed by atoms with E-state index in [1.807, 2.05) is 13.8 Å². The number of aliphatic hydroxyl groups is 1. The van der Waals surface area contributed by atoms with Crippen LogP contribution in [0.2, 0.25) is 0 Å². The first-order valence-corrected chi connectivity index (χ1v) is 6.09. The van der Waals surface area contributed by atoms with Gasteiger partial charge in [0.2, 0.25) is 0 Å². The molecule has 0 atom stereocenters. The monoisotopic (exact) mass is 252 g/mol. The van der Waals surface area contributed by atoms with Gasteiger partial charge in [-0.25, -0.2) is 0 Å². The van der Waals surface area contributed by atoms with Crippen LogP contribution in [0, 0.1) is 6.92 Å². The molecule has 2 N–H and O–H groups in total. The Morgan fingerprint density at radius 3 is 2.61 bits per heavy atom. The average Bonchev–Trinajstić information content (AvgIpc) is 2.28. The van der Waals surface area contributed by atoms with E-state index in [9.17, 15) is 9.59 Å². The zero-order chi connectivity index (χ0) is 13.7. The number of hydrogen-bond acceptors (Lipinski definition) is 3. The Bertz CT molecular complexity index is 466. The molecule has 0 aliphatic rings. The summed E-state index contributed by atoms with van der Waals surface area (Å²) >= 11 is 0. The van der Waals surface area contributed by atoms with Gasteiger partial charge in [0.15, 0.2) is 0 Å². The lowest BCUT2D eigenvalue weighted by Crippen LogP contribution is -2.40. The van der Waals surface area contributed by atoms with E-state index in [2.05, 4.69) is 4.98 Å². The highest BCUT2D eigenvalue weighted by atomic mass is 16.3. The number of rotatable bonds is 5. The van der Waals surface area contributed by atoms with Crippen LogP contribution >= 0.6 is 0 Å². The molecule has 0 fully saturated rings. The lowest BCUT2D eigenvalue weighted by Gasteiger charge is -2.26. The molecule has 0 saturated carbocycles. The zero-order valence-corrected chi connectivity index (χ0v) is 11.1. The lowest BCUT2D eigenvalue weighted by molar-refractivity contribution is 0.0691. The Morgan fingerprint density at radius 1 is 1.44 bits per heavy atom. The number of nitrogens with one attached hydrogen (secondary N) is 1. The fourth-order valence-electron chi connectivity index (χ4n) is 1.73. The predicted molar refractivity (Wildman–Crippen MR) is 69.7 cm³/mol. The van der Waals surface area contributed by atoms with Gasteiger partial charge in [-0.3, -0.25) is 9.59 Å². The number of hydrogen-bond donors (Lipinski definition) is 2. The van der Waals surface area contributed by atoms with Crippen molar-refractivity contribution in [1.29, 1.82) is 0 Å². The maximum Gasteiger partial charge on any atom is 0.260 e. The van der Waals surface area contributed by atoms with Crippen LogP contribution in [0.15, 0.2) is 16.9 Å². The molecule has 0 unspecified atom stereocenters. The smallest absolute Gasteiger partial charge is 0.260 e. The topological polar surface area (TPSA) is 73.4 Å². The van der Waals surface area contributed by atoms with Gasteiger partial charge in [-0.05, 0) is 39.3 Å². The van der Waals surface area contributed by atoms with Gasteiger partial charge in [-0.1, -0.05) is 0 Å². The van der Waals surface area contributed by atoms with Crippen LogP contribution in [-0.2, 0) is 0 Å². The van der Waals surface area contributed by atoms with E-state index in [4.69, 9.17) is 5.11 Å². The Kier molecular flexibility index (Phi) is 5.09. The summed E-state index contributed by atoms with van der Waals surface area (Å²) in [6, 6.07) is 3.24. The second-order valence-corrected chi connectivity index (χ2v) is 4.55. The first-order chi connectivity index (χ1) is 8.47. The van der Waals surface area contributed by atoms with Crippen LogP contribution in [-0.4, -0.2) is 40.1 Å². The van der Waals surface area contributed by atoms with Crippen LogP contribution < -0.4 is 5.56 Å². The minimum atomic E-state index is -0.366. The van der Waals surface area contributed by atoms with E-state index >= 15 is 0 Å². The van der Waals surface area contributed by atoms with Crippen LogP contribution in [0.3, 0.4) is 0 Å². The molecule has 0 aliphatic carbocycles. The van der Waals surface area contributed by atoms with Crippen molar-refractivity contribution in [3.63, 3.8) is 0 Å². The molecule has 5 heteroatoms. The number of nitrogens with zero attached hydrogens (tertiary/aromatic N) is 1. The molecule has 0 aliphatic heterocycles. The molecule has 0 saturated heterocycles. The molecule has 0 spiro atoms. The van der Waals surface area contributed by atoms with Crippen LogP contribution in [0.25, 0.3) is 0 Å². The predicted octanol–water partition coefficient (Wildman–Crippen LogP) is 0.916. The van der Waals surface area contributed by atoms with Crippen molar-refractivity contribution in [3.05, 3.63) is 33.7 Å². The highest BCUT2D eigenvalue weighted by Gasteiger charge is 2.20. The van der Waals surface area contributed by atoms with E-state index < -0.39 is 0 Å². The number of aromatic nitrogens is 1.